The van der Waals surface area contributed by atoms with Crippen LogP contribution in [0.2, 0.25) is 0 Å². The maximum Gasteiger partial charge on any atom is 0.226 e. The van der Waals surface area contributed by atoms with Crippen molar-refractivity contribution in [3.63, 3.8) is 0 Å². The zero-order chi connectivity index (χ0) is 18.2. The van der Waals surface area contributed by atoms with E-state index in [1.165, 1.54) is 0 Å². The molecule has 5 nitrogen and oxygen atoms in total. The van der Waals surface area contributed by atoms with E-state index in [0.29, 0.717) is 19.6 Å². The van der Waals surface area contributed by atoms with E-state index in [9.17, 15) is 4.79 Å². The molecule has 25 heavy (non-hydrogen) atoms. The molecule has 0 saturated heterocycles. The zero-order valence-corrected chi connectivity index (χ0v) is 15.2. The first-order valence-electron chi connectivity index (χ1n) is 8.59. The molecule has 1 aromatic carbocycles. The summed E-state index contributed by atoms with van der Waals surface area (Å²) >= 11 is 0. The largest absolute Gasteiger partial charge is 0.492 e. The molecule has 0 unspecified atom stereocenters. The van der Waals surface area contributed by atoms with Gasteiger partial charge in [0.1, 0.15) is 12.4 Å². The van der Waals surface area contributed by atoms with Gasteiger partial charge in [0.05, 0.1) is 6.42 Å². The summed E-state index contributed by atoms with van der Waals surface area (Å²) in [5.74, 6) is 0.827. The summed E-state index contributed by atoms with van der Waals surface area (Å²) in [4.78, 5) is 18.8. The van der Waals surface area contributed by atoms with Crippen LogP contribution in [0, 0.1) is 6.92 Å². The summed E-state index contributed by atoms with van der Waals surface area (Å²) in [6.45, 7) is 5.03. The van der Waals surface area contributed by atoms with Crippen LogP contribution in [0.15, 0.2) is 42.6 Å². The maximum absolute atomic E-state index is 12.6. The fourth-order valence-electron chi connectivity index (χ4n) is 2.62. The summed E-state index contributed by atoms with van der Waals surface area (Å²) in [5, 5.41) is 0. The van der Waals surface area contributed by atoms with E-state index < -0.39 is 0 Å². The van der Waals surface area contributed by atoms with E-state index >= 15 is 0 Å². The molecule has 1 amide bonds. The highest BCUT2D eigenvalue weighted by molar-refractivity contribution is 5.79. The molecular formula is C20H27N3O2. The third-order valence-corrected chi connectivity index (χ3v) is 4.30. The van der Waals surface area contributed by atoms with E-state index in [4.69, 9.17) is 10.5 Å². The average molecular weight is 341 g/mol. The minimum Gasteiger partial charge on any atom is -0.492 e. The standard InChI is InChI=1S/C20H27N3O2/c1-15-6-5-10-22-19(15)12-16(2)23(3)20(24)14-17-7-4-8-18(13-17)25-11-9-21/h4-8,10,13,16H,9,11-12,14,21H2,1-3H3/t16-/m1/s1. The minimum absolute atomic E-state index is 0.0806. The minimum atomic E-state index is 0.0806. The molecule has 1 heterocycles. The number of carbonyl (C=O) groups excluding carboxylic acids is 1. The summed E-state index contributed by atoms with van der Waals surface area (Å²) in [6.07, 6.45) is 2.89. The Morgan fingerprint density at radius 1 is 1.32 bits per heavy atom. The number of nitrogens with two attached hydrogens (primary N) is 1. The first kappa shape index (κ1) is 18.9. The Morgan fingerprint density at radius 3 is 2.84 bits per heavy atom. The normalized spacial score (nSPS) is 11.8. The monoisotopic (exact) mass is 341 g/mol. The van der Waals surface area contributed by atoms with Crippen molar-refractivity contribution in [2.24, 2.45) is 5.73 Å². The summed E-state index contributed by atoms with van der Waals surface area (Å²) in [7, 11) is 1.85. The number of nitrogens with zero attached hydrogens (tertiary/aromatic N) is 2. The van der Waals surface area contributed by atoms with Crippen molar-refractivity contribution in [3.05, 3.63) is 59.4 Å². The SMILES string of the molecule is Cc1cccnc1C[C@@H](C)N(C)C(=O)Cc1cccc(OCCN)c1. The van der Waals surface area contributed by atoms with Crippen molar-refractivity contribution in [1.29, 1.82) is 0 Å². The Labute approximate surface area is 149 Å². The molecule has 2 rings (SSSR count). The van der Waals surface area contributed by atoms with Gasteiger partial charge in [-0.15, -0.1) is 0 Å². The molecule has 0 aliphatic rings. The Balaban J connectivity index is 1.96. The van der Waals surface area contributed by atoms with E-state index in [1.807, 2.05) is 57.3 Å². The number of benzene rings is 1. The zero-order valence-electron chi connectivity index (χ0n) is 15.2. The van der Waals surface area contributed by atoms with Gasteiger partial charge in [0.15, 0.2) is 0 Å². The number of likely N-dealkylation sites (N-methyl/N-ethyl adjacent to an activating group) is 1. The van der Waals surface area contributed by atoms with E-state index in [2.05, 4.69) is 4.98 Å². The molecular weight excluding hydrogens is 314 g/mol. The highest BCUT2D eigenvalue weighted by Gasteiger charge is 2.18. The van der Waals surface area contributed by atoms with Gasteiger partial charge in [-0.05, 0) is 43.2 Å². The van der Waals surface area contributed by atoms with Crippen LogP contribution in [0.5, 0.6) is 5.75 Å². The van der Waals surface area contributed by atoms with Crippen molar-refractivity contribution >= 4 is 5.91 Å². The number of aryl methyl sites for hydroxylation is 1. The molecule has 5 heteroatoms. The fourth-order valence-corrected chi connectivity index (χ4v) is 2.62. The van der Waals surface area contributed by atoms with Crippen LogP contribution in [0.25, 0.3) is 0 Å². The maximum atomic E-state index is 12.6. The van der Waals surface area contributed by atoms with Gasteiger partial charge in [0.25, 0.3) is 0 Å². The summed E-state index contributed by atoms with van der Waals surface area (Å²) < 4.78 is 5.52. The lowest BCUT2D eigenvalue weighted by molar-refractivity contribution is -0.130. The number of hydrogen-bond acceptors (Lipinski definition) is 4. The van der Waals surface area contributed by atoms with Crippen LogP contribution in [0.4, 0.5) is 0 Å². The second kappa shape index (κ2) is 9.18. The number of aromatic nitrogens is 1. The molecule has 2 aromatic rings. The average Bonchev–Trinajstić information content (AvgIpc) is 2.61. The van der Waals surface area contributed by atoms with Crippen molar-refractivity contribution in [1.82, 2.24) is 9.88 Å². The molecule has 1 aromatic heterocycles. The highest BCUT2D eigenvalue weighted by Crippen LogP contribution is 2.15. The van der Waals surface area contributed by atoms with Crippen LogP contribution in [0.1, 0.15) is 23.7 Å². The second-order valence-corrected chi connectivity index (χ2v) is 6.29. The van der Waals surface area contributed by atoms with Crippen molar-refractivity contribution in [2.75, 3.05) is 20.2 Å². The molecule has 134 valence electrons. The van der Waals surface area contributed by atoms with Gasteiger partial charge in [-0.1, -0.05) is 18.2 Å². The smallest absolute Gasteiger partial charge is 0.226 e. The van der Waals surface area contributed by atoms with E-state index in [0.717, 1.165) is 29.0 Å². The Kier molecular flexibility index (Phi) is 6.95. The van der Waals surface area contributed by atoms with Gasteiger partial charge in [-0.25, -0.2) is 0 Å². The molecule has 0 aliphatic carbocycles. The van der Waals surface area contributed by atoms with Gasteiger partial charge in [-0.2, -0.15) is 0 Å². The summed E-state index contributed by atoms with van der Waals surface area (Å²) in [6, 6.07) is 11.7. The number of ether oxygens (including phenoxy) is 1. The molecule has 2 N–H and O–H groups in total. The molecule has 0 fully saturated rings. The lowest BCUT2D eigenvalue weighted by atomic mass is 10.1. The predicted molar refractivity (Wildman–Crippen MR) is 99.6 cm³/mol. The lowest BCUT2D eigenvalue weighted by Gasteiger charge is -2.25. The van der Waals surface area contributed by atoms with Crippen molar-refractivity contribution in [2.45, 2.75) is 32.7 Å². The van der Waals surface area contributed by atoms with Gasteiger partial charge in [-0.3, -0.25) is 9.78 Å². The van der Waals surface area contributed by atoms with E-state index in [-0.39, 0.29) is 11.9 Å². The molecule has 0 bridgehead atoms. The molecule has 0 aliphatic heterocycles. The van der Waals surface area contributed by atoms with Crippen LogP contribution in [0.3, 0.4) is 0 Å². The van der Waals surface area contributed by atoms with Crippen LogP contribution in [-0.2, 0) is 17.6 Å². The van der Waals surface area contributed by atoms with E-state index in [1.54, 1.807) is 11.1 Å². The Morgan fingerprint density at radius 2 is 2.12 bits per heavy atom. The summed E-state index contributed by atoms with van der Waals surface area (Å²) in [5.41, 5.74) is 8.58. The lowest BCUT2D eigenvalue weighted by Crippen LogP contribution is -2.37. The number of hydrogen-bond donors (Lipinski definition) is 1. The first-order chi connectivity index (χ1) is 12.0. The van der Waals surface area contributed by atoms with Gasteiger partial charge < -0.3 is 15.4 Å². The third kappa shape index (κ3) is 5.57. The molecule has 0 spiro atoms. The van der Waals surface area contributed by atoms with Gasteiger partial charge in [0.2, 0.25) is 5.91 Å². The number of amides is 1. The van der Waals surface area contributed by atoms with Crippen LogP contribution in [-0.4, -0.2) is 42.0 Å². The first-order valence-corrected chi connectivity index (χ1v) is 8.59. The topological polar surface area (TPSA) is 68.5 Å². The molecule has 0 saturated carbocycles. The van der Waals surface area contributed by atoms with Crippen LogP contribution < -0.4 is 10.5 Å². The number of rotatable bonds is 8. The highest BCUT2D eigenvalue weighted by atomic mass is 16.5. The molecule has 1 atom stereocenters. The van der Waals surface area contributed by atoms with Gasteiger partial charge >= 0.3 is 0 Å². The Hall–Kier alpha value is -2.40. The molecule has 0 radical (unpaired) electrons. The Bertz CT molecular complexity index is 703. The second-order valence-electron chi connectivity index (χ2n) is 6.29. The number of carbonyl (C=O) groups is 1. The fraction of sp³-hybridized carbons (Fsp3) is 0.400. The third-order valence-electron chi connectivity index (χ3n) is 4.30. The van der Waals surface area contributed by atoms with Crippen molar-refractivity contribution in [3.8, 4) is 5.75 Å². The predicted octanol–water partition coefficient (Wildman–Crippen LogP) is 2.36. The number of pyridine rings is 1. The van der Waals surface area contributed by atoms with Crippen molar-refractivity contribution < 1.29 is 9.53 Å². The quantitative estimate of drug-likeness (QED) is 0.800. The van der Waals surface area contributed by atoms with Gasteiger partial charge in [0, 0.05) is 37.9 Å². The van der Waals surface area contributed by atoms with Crippen LogP contribution >= 0.6 is 0 Å².